The summed E-state index contributed by atoms with van der Waals surface area (Å²) in [7, 11) is 1.72. The zero-order valence-corrected chi connectivity index (χ0v) is 15.0. The molecule has 5 heteroatoms. The first kappa shape index (κ1) is 18.6. The number of pyridine rings is 1. The second kappa shape index (κ2) is 8.97. The van der Waals surface area contributed by atoms with Crippen LogP contribution in [0.4, 0.5) is 0 Å². The first-order valence-electron chi connectivity index (χ1n) is 8.42. The number of likely N-dealkylation sites (N-methyl/N-ethyl adjacent to an activating group) is 1. The number of benzene rings is 1. The second-order valence-corrected chi connectivity index (χ2v) is 6.35. The molecule has 2 rings (SSSR count). The number of nitrogens with zero attached hydrogens (tertiary/aromatic N) is 2. The summed E-state index contributed by atoms with van der Waals surface area (Å²) in [6.07, 6.45) is 3.79. The molecular formula is C20H25N3O2. The highest BCUT2D eigenvalue weighted by molar-refractivity contribution is 5.84. The molecule has 5 nitrogen and oxygen atoms in total. The van der Waals surface area contributed by atoms with Crippen molar-refractivity contribution < 1.29 is 9.59 Å². The fourth-order valence-electron chi connectivity index (χ4n) is 2.76. The van der Waals surface area contributed by atoms with Crippen molar-refractivity contribution in [2.75, 3.05) is 13.6 Å². The van der Waals surface area contributed by atoms with Gasteiger partial charge in [-0.2, -0.15) is 0 Å². The van der Waals surface area contributed by atoms with Gasteiger partial charge >= 0.3 is 0 Å². The summed E-state index contributed by atoms with van der Waals surface area (Å²) in [5, 5.41) is 2.72. The van der Waals surface area contributed by atoms with E-state index in [2.05, 4.69) is 10.3 Å². The third kappa shape index (κ3) is 5.71. The maximum absolute atomic E-state index is 12.2. The molecule has 0 bridgehead atoms. The lowest BCUT2D eigenvalue weighted by atomic mass is 9.93. The van der Waals surface area contributed by atoms with Crippen molar-refractivity contribution in [2.45, 2.75) is 32.7 Å². The van der Waals surface area contributed by atoms with Crippen LogP contribution < -0.4 is 5.32 Å². The zero-order valence-electron chi connectivity index (χ0n) is 15.0. The van der Waals surface area contributed by atoms with E-state index in [4.69, 9.17) is 0 Å². The van der Waals surface area contributed by atoms with Gasteiger partial charge in [-0.05, 0) is 35.6 Å². The van der Waals surface area contributed by atoms with Gasteiger partial charge in [0.25, 0.3) is 0 Å². The zero-order chi connectivity index (χ0) is 18.2. The number of carbonyl (C=O) groups is 2. The molecule has 0 unspecified atom stereocenters. The number of hydrogen-bond acceptors (Lipinski definition) is 3. The maximum atomic E-state index is 12.2. The van der Waals surface area contributed by atoms with Gasteiger partial charge in [0.1, 0.15) is 0 Å². The fraction of sp³-hybridized carbons (Fsp3) is 0.350. The molecule has 0 spiro atoms. The normalized spacial score (nSPS) is 11.6. The molecular weight excluding hydrogens is 314 g/mol. The summed E-state index contributed by atoms with van der Waals surface area (Å²) >= 11 is 0. The first-order valence-corrected chi connectivity index (χ1v) is 8.42. The molecule has 0 fully saturated rings. The Labute approximate surface area is 149 Å². The van der Waals surface area contributed by atoms with E-state index in [1.165, 1.54) is 5.56 Å². The van der Waals surface area contributed by atoms with E-state index in [1.807, 2.05) is 50.2 Å². The number of aromatic nitrogens is 1. The Kier molecular flexibility index (Phi) is 6.69. The fourth-order valence-corrected chi connectivity index (χ4v) is 2.76. The molecule has 1 aromatic heterocycles. The van der Waals surface area contributed by atoms with Crippen molar-refractivity contribution in [2.24, 2.45) is 0 Å². The molecule has 0 radical (unpaired) electrons. The minimum atomic E-state index is -0.124. The third-order valence-corrected chi connectivity index (χ3v) is 4.22. The van der Waals surface area contributed by atoms with Gasteiger partial charge in [0.15, 0.2) is 0 Å². The van der Waals surface area contributed by atoms with Crippen LogP contribution in [0.25, 0.3) is 0 Å². The van der Waals surface area contributed by atoms with Gasteiger partial charge in [-0.25, -0.2) is 0 Å². The smallest absolute Gasteiger partial charge is 0.242 e. The number of hydrogen-bond donors (Lipinski definition) is 1. The van der Waals surface area contributed by atoms with Gasteiger partial charge in [-0.1, -0.05) is 37.3 Å². The Balaban J connectivity index is 1.79. The predicted molar refractivity (Wildman–Crippen MR) is 97.9 cm³/mol. The van der Waals surface area contributed by atoms with E-state index in [1.54, 1.807) is 24.3 Å². The minimum Gasteiger partial charge on any atom is -0.347 e. The summed E-state index contributed by atoms with van der Waals surface area (Å²) in [5.74, 6) is -0.121. The Hall–Kier alpha value is -2.69. The summed E-state index contributed by atoms with van der Waals surface area (Å²) in [4.78, 5) is 29.9. The highest BCUT2D eigenvalue weighted by Gasteiger charge is 2.15. The Morgan fingerprint density at radius 1 is 1.20 bits per heavy atom. The van der Waals surface area contributed by atoms with Crippen molar-refractivity contribution in [3.8, 4) is 0 Å². The van der Waals surface area contributed by atoms with Crippen molar-refractivity contribution in [1.29, 1.82) is 0 Å². The number of amides is 2. The molecule has 0 saturated carbocycles. The van der Waals surface area contributed by atoms with E-state index in [0.29, 0.717) is 13.0 Å². The van der Waals surface area contributed by atoms with E-state index in [0.717, 1.165) is 11.1 Å². The standard InChI is InChI=1S/C20H25N3O2/c1-15-7-4-5-9-18(15)16(2)11-19(24)22-13-20(25)23(3)14-17-8-6-10-21-12-17/h4-10,12,16H,11,13-14H2,1-3H3,(H,22,24)/t16-/m0/s1. The van der Waals surface area contributed by atoms with Gasteiger partial charge in [-0.3, -0.25) is 14.6 Å². The van der Waals surface area contributed by atoms with Gasteiger partial charge in [-0.15, -0.1) is 0 Å². The largest absolute Gasteiger partial charge is 0.347 e. The monoisotopic (exact) mass is 339 g/mol. The average molecular weight is 339 g/mol. The molecule has 1 aromatic carbocycles. The van der Waals surface area contributed by atoms with Crippen LogP contribution in [0.3, 0.4) is 0 Å². The Morgan fingerprint density at radius 3 is 2.64 bits per heavy atom. The lowest BCUT2D eigenvalue weighted by Gasteiger charge is -2.18. The molecule has 0 aliphatic rings. The number of nitrogens with one attached hydrogen (secondary N) is 1. The molecule has 0 aliphatic carbocycles. The molecule has 2 aromatic rings. The van der Waals surface area contributed by atoms with Crippen molar-refractivity contribution >= 4 is 11.8 Å². The van der Waals surface area contributed by atoms with Gasteiger partial charge in [0.05, 0.1) is 6.54 Å². The SMILES string of the molecule is Cc1ccccc1[C@@H](C)CC(=O)NCC(=O)N(C)Cc1cccnc1. The predicted octanol–water partition coefficient (Wildman–Crippen LogP) is 2.66. The van der Waals surface area contributed by atoms with Gasteiger partial charge in [0, 0.05) is 32.4 Å². The van der Waals surface area contributed by atoms with E-state index in [9.17, 15) is 9.59 Å². The van der Waals surface area contributed by atoms with Crippen LogP contribution in [0.5, 0.6) is 0 Å². The van der Waals surface area contributed by atoms with Crippen LogP contribution in [-0.4, -0.2) is 35.3 Å². The second-order valence-electron chi connectivity index (χ2n) is 6.35. The van der Waals surface area contributed by atoms with Gasteiger partial charge < -0.3 is 10.2 Å². The topological polar surface area (TPSA) is 62.3 Å². The lowest BCUT2D eigenvalue weighted by Crippen LogP contribution is -2.38. The summed E-state index contributed by atoms with van der Waals surface area (Å²) in [6, 6.07) is 11.8. The van der Waals surface area contributed by atoms with Crippen LogP contribution >= 0.6 is 0 Å². The van der Waals surface area contributed by atoms with Crippen LogP contribution in [-0.2, 0) is 16.1 Å². The summed E-state index contributed by atoms with van der Waals surface area (Å²) in [6.45, 7) is 4.55. The highest BCUT2D eigenvalue weighted by Crippen LogP contribution is 2.22. The molecule has 1 heterocycles. The quantitative estimate of drug-likeness (QED) is 0.843. The Morgan fingerprint density at radius 2 is 1.96 bits per heavy atom. The lowest BCUT2D eigenvalue weighted by molar-refractivity contribution is -0.132. The Bertz CT molecular complexity index is 716. The number of aryl methyl sites for hydroxylation is 1. The summed E-state index contributed by atoms with van der Waals surface area (Å²) in [5.41, 5.74) is 3.30. The van der Waals surface area contributed by atoms with Crippen molar-refractivity contribution in [3.63, 3.8) is 0 Å². The van der Waals surface area contributed by atoms with Crippen LogP contribution in [0.1, 0.15) is 36.0 Å². The minimum absolute atomic E-state index is 0.0100. The van der Waals surface area contributed by atoms with E-state index >= 15 is 0 Å². The molecule has 25 heavy (non-hydrogen) atoms. The number of carbonyl (C=O) groups excluding carboxylic acids is 2. The van der Waals surface area contributed by atoms with E-state index in [-0.39, 0.29) is 24.3 Å². The van der Waals surface area contributed by atoms with Crippen molar-refractivity contribution in [3.05, 3.63) is 65.5 Å². The van der Waals surface area contributed by atoms with Gasteiger partial charge in [0.2, 0.25) is 11.8 Å². The molecule has 1 N–H and O–H groups in total. The van der Waals surface area contributed by atoms with Crippen LogP contribution in [0.15, 0.2) is 48.8 Å². The highest BCUT2D eigenvalue weighted by atomic mass is 16.2. The average Bonchev–Trinajstić information content (AvgIpc) is 2.60. The maximum Gasteiger partial charge on any atom is 0.242 e. The van der Waals surface area contributed by atoms with Crippen LogP contribution in [0.2, 0.25) is 0 Å². The summed E-state index contributed by atoms with van der Waals surface area (Å²) < 4.78 is 0. The van der Waals surface area contributed by atoms with Crippen molar-refractivity contribution in [1.82, 2.24) is 15.2 Å². The van der Waals surface area contributed by atoms with E-state index < -0.39 is 0 Å². The molecule has 1 atom stereocenters. The molecule has 0 saturated heterocycles. The molecule has 0 aliphatic heterocycles. The third-order valence-electron chi connectivity index (χ3n) is 4.22. The number of rotatable bonds is 7. The van der Waals surface area contributed by atoms with Crippen LogP contribution in [0, 0.1) is 6.92 Å². The molecule has 132 valence electrons. The molecule has 2 amide bonds. The first-order chi connectivity index (χ1) is 12.0.